The molecule has 0 fully saturated rings. The molecule has 0 bridgehead atoms. The summed E-state index contributed by atoms with van der Waals surface area (Å²) >= 11 is 0. The predicted molar refractivity (Wildman–Crippen MR) is 114 cm³/mol. The smallest absolute Gasteiger partial charge is 0.267 e. The second-order valence-electron chi connectivity index (χ2n) is 7.37. The summed E-state index contributed by atoms with van der Waals surface area (Å²) in [5, 5.41) is 16.7. The minimum atomic E-state index is -0.666. The molecular formula is C22H23FN4O4. The zero-order valence-corrected chi connectivity index (χ0v) is 17.1. The summed E-state index contributed by atoms with van der Waals surface area (Å²) in [6.45, 7) is 1.50. The monoisotopic (exact) mass is 426 g/mol. The van der Waals surface area contributed by atoms with Gasteiger partial charge in [-0.2, -0.15) is 0 Å². The van der Waals surface area contributed by atoms with Crippen LogP contribution in [-0.2, 0) is 17.7 Å². The SMILES string of the molecule is COCCNC(=O)c1c(O)c2ncc(Cc3ccc(F)cc3)c3c2n(c1=O)CCCN3. The van der Waals surface area contributed by atoms with E-state index in [1.54, 1.807) is 18.3 Å². The van der Waals surface area contributed by atoms with Gasteiger partial charge in [0.05, 0.1) is 17.8 Å². The average molecular weight is 426 g/mol. The van der Waals surface area contributed by atoms with Gasteiger partial charge in [-0.05, 0) is 24.1 Å². The second-order valence-corrected chi connectivity index (χ2v) is 7.37. The molecule has 3 heterocycles. The molecule has 3 N–H and O–H groups in total. The van der Waals surface area contributed by atoms with Crippen molar-refractivity contribution in [1.82, 2.24) is 14.9 Å². The first-order valence-electron chi connectivity index (χ1n) is 10.0. The van der Waals surface area contributed by atoms with E-state index in [1.165, 1.54) is 23.8 Å². The van der Waals surface area contributed by atoms with Gasteiger partial charge in [0.1, 0.15) is 16.9 Å². The number of hydrogen-bond donors (Lipinski definition) is 3. The number of hydrogen-bond acceptors (Lipinski definition) is 6. The van der Waals surface area contributed by atoms with Gasteiger partial charge in [0, 0.05) is 44.9 Å². The molecule has 8 nitrogen and oxygen atoms in total. The lowest BCUT2D eigenvalue weighted by Crippen LogP contribution is -2.35. The Morgan fingerprint density at radius 2 is 2.13 bits per heavy atom. The molecule has 1 aliphatic heterocycles. The van der Waals surface area contributed by atoms with Crippen molar-refractivity contribution in [3.05, 3.63) is 63.3 Å². The number of aryl methyl sites for hydroxylation is 1. The Kier molecular flexibility index (Phi) is 5.85. The number of aromatic hydroxyl groups is 1. The molecule has 0 unspecified atom stereocenters. The van der Waals surface area contributed by atoms with Crippen LogP contribution < -0.4 is 16.2 Å². The standard InChI is InChI=1S/C22H23FN4O4/c1-31-10-8-25-21(29)16-20(28)18-19-17(24-7-2-9-27(19)22(16)30)14(12-26-18)11-13-3-5-15(23)6-4-13/h3-6,12,24,28H,2,7-11H2,1H3,(H,25,29). The van der Waals surface area contributed by atoms with E-state index < -0.39 is 17.2 Å². The normalized spacial score (nSPS) is 13.0. The Labute approximate surface area is 177 Å². The molecule has 162 valence electrons. The minimum absolute atomic E-state index is 0.184. The summed E-state index contributed by atoms with van der Waals surface area (Å²) in [5.74, 6) is -1.42. The van der Waals surface area contributed by atoms with Crippen LogP contribution in [0.1, 0.15) is 27.9 Å². The Bertz CT molecular complexity index is 1190. The average Bonchev–Trinajstić information content (AvgIpc) is 2.99. The van der Waals surface area contributed by atoms with Crippen LogP contribution in [0.3, 0.4) is 0 Å². The van der Waals surface area contributed by atoms with Crippen molar-refractivity contribution in [3.8, 4) is 5.75 Å². The molecule has 4 rings (SSSR count). The van der Waals surface area contributed by atoms with Crippen molar-refractivity contribution in [2.45, 2.75) is 19.4 Å². The summed E-state index contributed by atoms with van der Waals surface area (Å²) in [5.41, 5.74) is 2.14. The van der Waals surface area contributed by atoms with Gasteiger partial charge in [-0.3, -0.25) is 14.6 Å². The highest BCUT2D eigenvalue weighted by atomic mass is 19.1. The van der Waals surface area contributed by atoms with Crippen LogP contribution in [0.25, 0.3) is 11.0 Å². The summed E-state index contributed by atoms with van der Waals surface area (Å²) in [6, 6.07) is 6.18. The molecule has 2 aromatic heterocycles. The van der Waals surface area contributed by atoms with E-state index >= 15 is 0 Å². The molecule has 0 spiro atoms. The number of nitrogens with one attached hydrogen (secondary N) is 2. The number of methoxy groups -OCH3 is 1. The van der Waals surface area contributed by atoms with Crippen LogP contribution in [-0.4, -0.2) is 47.4 Å². The van der Waals surface area contributed by atoms with Gasteiger partial charge >= 0.3 is 0 Å². The number of halogens is 1. The molecule has 0 saturated carbocycles. The van der Waals surface area contributed by atoms with Crippen LogP contribution >= 0.6 is 0 Å². The molecule has 0 atom stereocenters. The van der Waals surface area contributed by atoms with Gasteiger partial charge in [0.25, 0.3) is 11.5 Å². The molecule has 0 saturated heterocycles. The van der Waals surface area contributed by atoms with Crippen molar-refractivity contribution < 1.29 is 19.0 Å². The first-order valence-corrected chi connectivity index (χ1v) is 10.0. The number of aromatic nitrogens is 2. The molecule has 1 aliphatic rings. The van der Waals surface area contributed by atoms with Gasteiger partial charge in [-0.1, -0.05) is 12.1 Å². The largest absolute Gasteiger partial charge is 0.505 e. The van der Waals surface area contributed by atoms with Gasteiger partial charge in [0.2, 0.25) is 0 Å². The Balaban J connectivity index is 1.84. The zero-order chi connectivity index (χ0) is 22.0. The van der Waals surface area contributed by atoms with Crippen LogP contribution in [0.15, 0.2) is 35.3 Å². The topological polar surface area (TPSA) is 105 Å². The van der Waals surface area contributed by atoms with Gasteiger partial charge in [0.15, 0.2) is 5.75 Å². The molecule has 0 radical (unpaired) electrons. The van der Waals surface area contributed by atoms with Crippen LogP contribution in [0.4, 0.5) is 10.1 Å². The molecule has 3 aromatic rings. The highest BCUT2D eigenvalue weighted by Crippen LogP contribution is 2.34. The van der Waals surface area contributed by atoms with E-state index in [1.807, 2.05) is 0 Å². The number of amides is 1. The lowest BCUT2D eigenvalue weighted by Gasteiger charge is -2.17. The second kappa shape index (κ2) is 8.73. The zero-order valence-electron chi connectivity index (χ0n) is 17.1. The van der Waals surface area contributed by atoms with E-state index in [-0.39, 0.29) is 30.0 Å². The van der Waals surface area contributed by atoms with Gasteiger partial charge < -0.3 is 25.0 Å². The number of benzene rings is 1. The first kappa shape index (κ1) is 20.8. The number of ether oxygens (including phenoxy) is 1. The van der Waals surface area contributed by atoms with Crippen molar-refractivity contribution in [3.63, 3.8) is 0 Å². The maximum atomic E-state index is 13.3. The molecule has 31 heavy (non-hydrogen) atoms. The van der Waals surface area contributed by atoms with Crippen molar-refractivity contribution in [2.75, 3.05) is 32.1 Å². The van der Waals surface area contributed by atoms with Crippen LogP contribution in [0.2, 0.25) is 0 Å². The Morgan fingerprint density at radius 1 is 1.35 bits per heavy atom. The number of carbonyl (C=O) groups excluding carboxylic acids is 1. The third kappa shape index (κ3) is 3.96. The molecule has 1 aromatic carbocycles. The minimum Gasteiger partial charge on any atom is -0.505 e. The summed E-state index contributed by atoms with van der Waals surface area (Å²) in [7, 11) is 1.50. The predicted octanol–water partition coefficient (Wildman–Crippen LogP) is 2.02. The fraction of sp³-hybridized carbons (Fsp3) is 0.318. The lowest BCUT2D eigenvalue weighted by molar-refractivity contribution is 0.0932. The highest BCUT2D eigenvalue weighted by molar-refractivity contribution is 6.03. The molecule has 0 aliphatic carbocycles. The van der Waals surface area contributed by atoms with E-state index in [4.69, 9.17) is 4.74 Å². The molecular weight excluding hydrogens is 403 g/mol. The van der Waals surface area contributed by atoms with Crippen molar-refractivity contribution in [1.29, 1.82) is 0 Å². The highest BCUT2D eigenvalue weighted by Gasteiger charge is 2.26. The lowest BCUT2D eigenvalue weighted by atomic mass is 10.0. The van der Waals surface area contributed by atoms with E-state index in [0.717, 1.165) is 11.1 Å². The van der Waals surface area contributed by atoms with E-state index in [0.29, 0.717) is 37.1 Å². The quantitative estimate of drug-likeness (QED) is 0.521. The summed E-state index contributed by atoms with van der Waals surface area (Å²) in [6.07, 6.45) is 2.75. The summed E-state index contributed by atoms with van der Waals surface area (Å²) < 4.78 is 19.7. The Hall–Kier alpha value is -3.46. The van der Waals surface area contributed by atoms with Gasteiger partial charge in [-0.25, -0.2) is 4.39 Å². The maximum Gasteiger partial charge on any atom is 0.267 e. The first-order chi connectivity index (χ1) is 15.0. The van der Waals surface area contributed by atoms with Crippen molar-refractivity contribution in [2.24, 2.45) is 0 Å². The number of anilines is 1. The van der Waals surface area contributed by atoms with Crippen LogP contribution in [0.5, 0.6) is 5.75 Å². The number of rotatable bonds is 6. The fourth-order valence-electron chi connectivity index (χ4n) is 3.81. The van der Waals surface area contributed by atoms with E-state index in [9.17, 15) is 19.1 Å². The number of nitrogens with zero attached hydrogens (tertiary/aromatic N) is 2. The molecule has 1 amide bonds. The third-order valence-electron chi connectivity index (χ3n) is 5.31. The Morgan fingerprint density at radius 3 is 2.87 bits per heavy atom. The van der Waals surface area contributed by atoms with Crippen molar-refractivity contribution >= 4 is 22.6 Å². The maximum absolute atomic E-state index is 13.3. The third-order valence-corrected chi connectivity index (χ3v) is 5.31. The summed E-state index contributed by atoms with van der Waals surface area (Å²) in [4.78, 5) is 30.1. The van der Waals surface area contributed by atoms with Crippen LogP contribution in [0, 0.1) is 5.82 Å². The number of carbonyl (C=O) groups is 1. The van der Waals surface area contributed by atoms with E-state index in [2.05, 4.69) is 15.6 Å². The molecule has 9 heteroatoms. The number of pyridine rings is 2. The van der Waals surface area contributed by atoms with Gasteiger partial charge in [-0.15, -0.1) is 0 Å². The fourth-order valence-corrected chi connectivity index (χ4v) is 3.81.